The van der Waals surface area contributed by atoms with Crippen LogP contribution in [0, 0.1) is 0 Å². The maximum absolute atomic E-state index is 5.93. The van der Waals surface area contributed by atoms with Crippen molar-refractivity contribution in [2.75, 3.05) is 27.2 Å². The van der Waals surface area contributed by atoms with Crippen LogP contribution in [-0.2, 0) is 6.54 Å². The molecule has 33 heavy (non-hydrogen) atoms. The van der Waals surface area contributed by atoms with Gasteiger partial charge in [-0.25, -0.2) is 0 Å². The third-order valence-electron chi connectivity index (χ3n) is 6.13. The number of hydrogen-bond acceptors (Lipinski definition) is 2. The molecule has 0 unspecified atom stereocenters. The molecule has 0 saturated heterocycles. The summed E-state index contributed by atoms with van der Waals surface area (Å²) in [6.07, 6.45) is 3.13. The Morgan fingerprint density at radius 2 is 1.52 bits per heavy atom. The molecule has 3 nitrogen and oxygen atoms in total. The first kappa shape index (κ1) is 22.9. The molecule has 0 amide bonds. The van der Waals surface area contributed by atoms with Gasteiger partial charge in [0.15, 0.2) is 0 Å². The number of benzene rings is 3. The maximum Gasteiger partial charge on any atom is 0.119 e. The van der Waals surface area contributed by atoms with E-state index in [0.717, 1.165) is 25.3 Å². The average Bonchev–Trinajstić information content (AvgIpc) is 3.26. The minimum absolute atomic E-state index is 0.686. The largest absolute Gasteiger partial charge is 0.492 e. The van der Waals surface area contributed by atoms with Crippen molar-refractivity contribution >= 4 is 22.0 Å². The second-order valence-electron chi connectivity index (χ2n) is 8.62. The standard InChI is InChI=1S/C30H34N2O/c1-5-28(25-14-17-29-26(22-25)18-19-32(29)6-2)30(23-10-8-7-9-11-23)24-12-15-27(16-13-24)33-21-20-31(3)4/h7-19,22H,5-6,20-21H2,1-4H3/b30-28-. The van der Waals surface area contributed by atoms with Gasteiger partial charge in [0, 0.05) is 30.2 Å². The van der Waals surface area contributed by atoms with Crippen molar-refractivity contribution in [2.45, 2.75) is 26.8 Å². The van der Waals surface area contributed by atoms with Crippen molar-refractivity contribution < 1.29 is 4.74 Å². The summed E-state index contributed by atoms with van der Waals surface area (Å²) in [5, 5.41) is 1.29. The first-order valence-corrected chi connectivity index (χ1v) is 11.9. The summed E-state index contributed by atoms with van der Waals surface area (Å²) < 4.78 is 8.22. The van der Waals surface area contributed by atoms with Gasteiger partial charge in [-0.2, -0.15) is 0 Å². The zero-order chi connectivity index (χ0) is 23.2. The highest BCUT2D eigenvalue weighted by atomic mass is 16.5. The normalized spacial score (nSPS) is 12.3. The van der Waals surface area contributed by atoms with Gasteiger partial charge in [0.2, 0.25) is 0 Å². The van der Waals surface area contributed by atoms with E-state index < -0.39 is 0 Å². The predicted molar refractivity (Wildman–Crippen MR) is 141 cm³/mol. The molecule has 3 aromatic carbocycles. The zero-order valence-corrected chi connectivity index (χ0v) is 20.2. The van der Waals surface area contributed by atoms with E-state index >= 15 is 0 Å². The summed E-state index contributed by atoms with van der Waals surface area (Å²) in [4.78, 5) is 2.13. The van der Waals surface area contributed by atoms with Crippen LogP contribution in [0.3, 0.4) is 0 Å². The van der Waals surface area contributed by atoms with Gasteiger partial charge in [-0.05, 0) is 85.6 Å². The van der Waals surface area contributed by atoms with Crippen molar-refractivity contribution in [3.63, 3.8) is 0 Å². The monoisotopic (exact) mass is 438 g/mol. The number of hydrogen-bond donors (Lipinski definition) is 0. The van der Waals surface area contributed by atoms with Gasteiger partial charge in [-0.1, -0.05) is 55.5 Å². The molecule has 3 heteroatoms. The summed E-state index contributed by atoms with van der Waals surface area (Å²) in [6.45, 7) is 7.01. The van der Waals surface area contributed by atoms with Crippen molar-refractivity contribution in [1.29, 1.82) is 0 Å². The molecule has 0 radical (unpaired) electrons. The van der Waals surface area contributed by atoms with E-state index in [-0.39, 0.29) is 0 Å². The zero-order valence-electron chi connectivity index (χ0n) is 20.2. The lowest BCUT2D eigenvalue weighted by atomic mass is 9.88. The van der Waals surface area contributed by atoms with Gasteiger partial charge in [0.25, 0.3) is 0 Å². The summed E-state index contributed by atoms with van der Waals surface area (Å²) in [7, 11) is 4.12. The lowest BCUT2D eigenvalue weighted by Crippen LogP contribution is -2.19. The van der Waals surface area contributed by atoms with Crippen LogP contribution in [0.15, 0.2) is 85.1 Å². The molecule has 4 rings (SSSR count). The van der Waals surface area contributed by atoms with Crippen molar-refractivity contribution in [1.82, 2.24) is 9.47 Å². The second-order valence-corrected chi connectivity index (χ2v) is 8.62. The molecule has 0 bridgehead atoms. The molecule has 170 valence electrons. The Kier molecular flexibility index (Phi) is 7.31. The highest BCUT2D eigenvalue weighted by Crippen LogP contribution is 2.36. The Morgan fingerprint density at radius 1 is 0.818 bits per heavy atom. The molecule has 0 aliphatic rings. The van der Waals surface area contributed by atoms with Gasteiger partial charge < -0.3 is 14.2 Å². The molecule has 1 aromatic heterocycles. The first-order chi connectivity index (χ1) is 16.1. The second kappa shape index (κ2) is 10.5. The molecule has 0 atom stereocenters. The topological polar surface area (TPSA) is 17.4 Å². The van der Waals surface area contributed by atoms with E-state index in [1.54, 1.807) is 0 Å². The number of rotatable bonds is 9. The van der Waals surface area contributed by atoms with Crippen LogP contribution in [0.25, 0.3) is 22.0 Å². The minimum atomic E-state index is 0.686. The molecule has 0 aliphatic carbocycles. The van der Waals surface area contributed by atoms with Crippen molar-refractivity contribution in [3.05, 3.63) is 102 Å². The Bertz CT molecular complexity index is 1220. The lowest BCUT2D eigenvalue weighted by Gasteiger charge is -2.17. The van der Waals surface area contributed by atoms with Crippen LogP contribution in [0.5, 0.6) is 5.75 Å². The SMILES string of the molecule is CC/C(=C(\c1ccccc1)c1ccc(OCCN(C)C)cc1)c1ccc2c(ccn2CC)c1. The molecule has 0 fully saturated rings. The molecule has 1 heterocycles. The van der Waals surface area contributed by atoms with Crippen molar-refractivity contribution in [2.24, 2.45) is 0 Å². The molecule has 4 aromatic rings. The summed E-state index contributed by atoms with van der Waals surface area (Å²) in [6, 6.07) is 28.4. The minimum Gasteiger partial charge on any atom is -0.492 e. The van der Waals surface area contributed by atoms with E-state index in [1.807, 2.05) is 0 Å². The van der Waals surface area contributed by atoms with E-state index in [2.05, 4.69) is 122 Å². The quantitative estimate of drug-likeness (QED) is 0.263. The number of nitrogens with zero attached hydrogens (tertiary/aromatic N) is 2. The Morgan fingerprint density at radius 3 is 2.18 bits per heavy atom. The van der Waals surface area contributed by atoms with Crippen LogP contribution >= 0.6 is 0 Å². The molecule has 0 saturated carbocycles. The van der Waals surface area contributed by atoms with E-state index in [1.165, 1.54) is 38.7 Å². The summed E-state index contributed by atoms with van der Waals surface area (Å²) in [5.41, 5.74) is 7.66. The number of allylic oxidation sites excluding steroid dienone is 1. The number of aryl methyl sites for hydroxylation is 1. The average molecular weight is 439 g/mol. The Labute approximate surface area is 197 Å². The number of aromatic nitrogens is 1. The Balaban J connectivity index is 1.77. The van der Waals surface area contributed by atoms with Crippen molar-refractivity contribution in [3.8, 4) is 5.75 Å². The van der Waals surface area contributed by atoms with E-state index in [0.29, 0.717) is 6.61 Å². The van der Waals surface area contributed by atoms with Crippen LogP contribution in [0.2, 0.25) is 0 Å². The van der Waals surface area contributed by atoms with Gasteiger partial charge in [-0.15, -0.1) is 0 Å². The number of ether oxygens (including phenoxy) is 1. The van der Waals surface area contributed by atoms with Crippen LogP contribution in [0.1, 0.15) is 37.0 Å². The molecular formula is C30H34N2O. The van der Waals surface area contributed by atoms with Crippen LogP contribution < -0.4 is 4.74 Å². The van der Waals surface area contributed by atoms with Gasteiger partial charge in [-0.3, -0.25) is 0 Å². The number of fused-ring (bicyclic) bond motifs is 1. The fraction of sp³-hybridized carbons (Fsp3) is 0.267. The summed E-state index contributed by atoms with van der Waals surface area (Å²) >= 11 is 0. The van der Waals surface area contributed by atoms with Crippen LogP contribution in [-0.4, -0.2) is 36.7 Å². The Hall–Kier alpha value is -3.30. The summed E-state index contributed by atoms with van der Waals surface area (Å²) in [5.74, 6) is 0.911. The third-order valence-corrected chi connectivity index (χ3v) is 6.13. The highest BCUT2D eigenvalue weighted by Gasteiger charge is 2.14. The molecule has 0 N–H and O–H groups in total. The smallest absolute Gasteiger partial charge is 0.119 e. The predicted octanol–water partition coefficient (Wildman–Crippen LogP) is 6.97. The molecule has 0 aliphatic heterocycles. The van der Waals surface area contributed by atoms with Gasteiger partial charge >= 0.3 is 0 Å². The fourth-order valence-corrected chi connectivity index (χ4v) is 4.37. The van der Waals surface area contributed by atoms with E-state index in [9.17, 15) is 0 Å². The third kappa shape index (κ3) is 5.20. The fourth-order valence-electron chi connectivity index (χ4n) is 4.37. The van der Waals surface area contributed by atoms with Gasteiger partial charge in [0.05, 0.1) is 0 Å². The molecular weight excluding hydrogens is 404 g/mol. The first-order valence-electron chi connectivity index (χ1n) is 11.9. The highest BCUT2D eigenvalue weighted by molar-refractivity contribution is 6.00. The van der Waals surface area contributed by atoms with Gasteiger partial charge in [0.1, 0.15) is 12.4 Å². The molecule has 0 spiro atoms. The van der Waals surface area contributed by atoms with E-state index in [4.69, 9.17) is 4.74 Å². The maximum atomic E-state index is 5.93. The van der Waals surface area contributed by atoms with Crippen LogP contribution in [0.4, 0.5) is 0 Å². The lowest BCUT2D eigenvalue weighted by molar-refractivity contribution is 0.261. The number of likely N-dealkylation sites (N-methyl/N-ethyl adjacent to an activating group) is 1.